The van der Waals surface area contributed by atoms with E-state index in [2.05, 4.69) is 27.0 Å². The third-order valence-corrected chi connectivity index (χ3v) is 5.01. The standard InChI is InChI=1S/C18H22N2OS/c21-18(17-4-2-1-3-5-17)19-12-15-6-9-20(10-7-15)13-16-8-11-22-14-16/h1-5,8,11,14-15H,6-7,9-10,12-13H2,(H,19,21). The number of benzene rings is 1. The highest BCUT2D eigenvalue weighted by atomic mass is 32.1. The number of amides is 1. The lowest BCUT2D eigenvalue weighted by Crippen LogP contribution is -2.38. The second kappa shape index (κ2) is 7.56. The molecule has 1 aliphatic heterocycles. The first-order chi connectivity index (χ1) is 10.8. The van der Waals surface area contributed by atoms with Crippen LogP contribution in [0.4, 0.5) is 0 Å². The summed E-state index contributed by atoms with van der Waals surface area (Å²) >= 11 is 1.76. The molecule has 0 aliphatic carbocycles. The second-order valence-electron chi connectivity index (χ2n) is 5.93. The van der Waals surface area contributed by atoms with Crippen molar-refractivity contribution in [2.75, 3.05) is 19.6 Å². The molecule has 116 valence electrons. The van der Waals surface area contributed by atoms with Crippen LogP contribution in [-0.4, -0.2) is 30.4 Å². The van der Waals surface area contributed by atoms with Gasteiger partial charge in [0.25, 0.3) is 5.91 Å². The SMILES string of the molecule is O=C(NCC1CCN(Cc2ccsc2)CC1)c1ccccc1. The molecule has 1 aromatic carbocycles. The first-order valence-electron chi connectivity index (χ1n) is 7.88. The Morgan fingerprint density at radius 1 is 1.18 bits per heavy atom. The summed E-state index contributed by atoms with van der Waals surface area (Å²) in [6.45, 7) is 4.11. The summed E-state index contributed by atoms with van der Waals surface area (Å²) in [4.78, 5) is 14.6. The Hall–Kier alpha value is -1.65. The average Bonchev–Trinajstić information content (AvgIpc) is 3.08. The molecule has 0 bridgehead atoms. The molecule has 0 radical (unpaired) electrons. The summed E-state index contributed by atoms with van der Waals surface area (Å²) in [7, 11) is 0. The van der Waals surface area contributed by atoms with E-state index in [4.69, 9.17) is 0 Å². The monoisotopic (exact) mass is 314 g/mol. The molecular formula is C18H22N2OS. The van der Waals surface area contributed by atoms with Crippen LogP contribution in [0.3, 0.4) is 0 Å². The summed E-state index contributed by atoms with van der Waals surface area (Å²) in [6.07, 6.45) is 2.33. The van der Waals surface area contributed by atoms with Crippen LogP contribution in [0.1, 0.15) is 28.8 Å². The molecule has 3 nitrogen and oxygen atoms in total. The van der Waals surface area contributed by atoms with E-state index in [0.29, 0.717) is 5.92 Å². The number of hydrogen-bond acceptors (Lipinski definition) is 3. The largest absolute Gasteiger partial charge is 0.352 e. The van der Waals surface area contributed by atoms with Crippen molar-refractivity contribution >= 4 is 17.2 Å². The molecule has 1 amide bonds. The molecule has 1 aliphatic rings. The maximum Gasteiger partial charge on any atom is 0.251 e. The topological polar surface area (TPSA) is 32.3 Å². The summed E-state index contributed by atoms with van der Waals surface area (Å²) in [5, 5.41) is 7.44. The maximum atomic E-state index is 12.0. The van der Waals surface area contributed by atoms with Crippen LogP contribution in [0.5, 0.6) is 0 Å². The lowest BCUT2D eigenvalue weighted by Gasteiger charge is -2.31. The number of carbonyl (C=O) groups excluding carboxylic acids is 1. The van der Waals surface area contributed by atoms with Gasteiger partial charge < -0.3 is 5.32 Å². The highest BCUT2D eigenvalue weighted by Crippen LogP contribution is 2.19. The third kappa shape index (κ3) is 4.18. The van der Waals surface area contributed by atoms with Crippen molar-refractivity contribution in [3.8, 4) is 0 Å². The van der Waals surface area contributed by atoms with Gasteiger partial charge in [0.15, 0.2) is 0 Å². The molecule has 2 heterocycles. The van der Waals surface area contributed by atoms with E-state index in [0.717, 1.165) is 31.7 Å². The number of hydrogen-bond donors (Lipinski definition) is 1. The van der Waals surface area contributed by atoms with Crippen molar-refractivity contribution in [2.24, 2.45) is 5.92 Å². The molecule has 4 heteroatoms. The molecule has 1 saturated heterocycles. The molecule has 0 unspecified atom stereocenters. The number of nitrogens with one attached hydrogen (secondary N) is 1. The van der Waals surface area contributed by atoms with Gasteiger partial charge in [0, 0.05) is 18.7 Å². The fourth-order valence-electron chi connectivity index (χ4n) is 2.92. The van der Waals surface area contributed by atoms with Crippen LogP contribution in [0.15, 0.2) is 47.2 Å². The van der Waals surface area contributed by atoms with Gasteiger partial charge in [-0.2, -0.15) is 11.3 Å². The van der Waals surface area contributed by atoms with Gasteiger partial charge in [-0.25, -0.2) is 0 Å². The minimum absolute atomic E-state index is 0.0429. The summed E-state index contributed by atoms with van der Waals surface area (Å²) in [6, 6.07) is 11.7. The van der Waals surface area contributed by atoms with Gasteiger partial charge in [0.2, 0.25) is 0 Å². The first-order valence-corrected chi connectivity index (χ1v) is 8.82. The van der Waals surface area contributed by atoms with Gasteiger partial charge in [-0.3, -0.25) is 9.69 Å². The maximum absolute atomic E-state index is 12.0. The van der Waals surface area contributed by atoms with E-state index < -0.39 is 0 Å². The van der Waals surface area contributed by atoms with Gasteiger partial charge in [-0.05, 0) is 66.4 Å². The molecule has 0 spiro atoms. The predicted molar refractivity (Wildman–Crippen MR) is 91.1 cm³/mol. The molecule has 0 atom stereocenters. The van der Waals surface area contributed by atoms with Crippen molar-refractivity contribution in [3.63, 3.8) is 0 Å². The average molecular weight is 314 g/mol. The summed E-state index contributed by atoms with van der Waals surface area (Å²) in [5.74, 6) is 0.646. The Bertz CT molecular complexity index is 574. The quantitative estimate of drug-likeness (QED) is 0.917. The van der Waals surface area contributed by atoms with Crippen molar-refractivity contribution in [1.82, 2.24) is 10.2 Å². The van der Waals surface area contributed by atoms with Crippen molar-refractivity contribution < 1.29 is 4.79 Å². The predicted octanol–water partition coefficient (Wildman–Crippen LogP) is 3.39. The number of piperidine rings is 1. The first kappa shape index (κ1) is 15.3. The molecule has 22 heavy (non-hydrogen) atoms. The highest BCUT2D eigenvalue weighted by Gasteiger charge is 2.20. The van der Waals surface area contributed by atoms with Crippen LogP contribution in [-0.2, 0) is 6.54 Å². The zero-order chi connectivity index (χ0) is 15.2. The molecule has 1 fully saturated rings. The van der Waals surface area contributed by atoms with Crippen LogP contribution in [0.25, 0.3) is 0 Å². The third-order valence-electron chi connectivity index (χ3n) is 4.28. The minimum Gasteiger partial charge on any atom is -0.352 e. The molecule has 1 aromatic heterocycles. The lowest BCUT2D eigenvalue weighted by atomic mass is 9.96. The Labute approximate surface area is 136 Å². The summed E-state index contributed by atoms with van der Waals surface area (Å²) in [5.41, 5.74) is 2.17. The van der Waals surface area contributed by atoms with Gasteiger partial charge in [0.05, 0.1) is 0 Å². The Kier molecular flexibility index (Phi) is 5.24. The molecule has 3 rings (SSSR count). The van der Waals surface area contributed by atoms with Crippen LogP contribution < -0.4 is 5.32 Å². The Morgan fingerprint density at radius 2 is 1.95 bits per heavy atom. The van der Waals surface area contributed by atoms with Gasteiger partial charge in [-0.15, -0.1) is 0 Å². The number of likely N-dealkylation sites (tertiary alicyclic amines) is 1. The number of thiophene rings is 1. The van der Waals surface area contributed by atoms with Crippen molar-refractivity contribution in [1.29, 1.82) is 0 Å². The fourth-order valence-corrected chi connectivity index (χ4v) is 3.58. The lowest BCUT2D eigenvalue weighted by molar-refractivity contribution is 0.0935. The fraction of sp³-hybridized carbons (Fsp3) is 0.389. The zero-order valence-electron chi connectivity index (χ0n) is 12.7. The van der Waals surface area contributed by atoms with E-state index in [9.17, 15) is 4.79 Å². The molecule has 1 N–H and O–H groups in total. The van der Waals surface area contributed by atoms with E-state index in [1.807, 2.05) is 30.3 Å². The highest BCUT2D eigenvalue weighted by molar-refractivity contribution is 7.07. The van der Waals surface area contributed by atoms with Crippen LogP contribution >= 0.6 is 11.3 Å². The normalized spacial score (nSPS) is 16.5. The summed E-state index contributed by atoms with van der Waals surface area (Å²) < 4.78 is 0. The number of rotatable bonds is 5. The van der Waals surface area contributed by atoms with E-state index in [1.165, 1.54) is 18.4 Å². The van der Waals surface area contributed by atoms with E-state index in [1.54, 1.807) is 11.3 Å². The van der Waals surface area contributed by atoms with E-state index in [-0.39, 0.29) is 5.91 Å². The second-order valence-corrected chi connectivity index (χ2v) is 6.71. The van der Waals surface area contributed by atoms with Gasteiger partial charge in [0.1, 0.15) is 0 Å². The van der Waals surface area contributed by atoms with E-state index >= 15 is 0 Å². The van der Waals surface area contributed by atoms with Crippen LogP contribution in [0, 0.1) is 5.92 Å². The zero-order valence-corrected chi connectivity index (χ0v) is 13.5. The number of nitrogens with zero attached hydrogens (tertiary/aromatic N) is 1. The number of carbonyl (C=O) groups is 1. The molecule has 0 saturated carbocycles. The molecule has 2 aromatic rings. The van der Waals surface area contributed by atoms with Gasteiger partial charge in [-0.1, -0.05) is 18.2 Å². The Morgan fingerprint density at radius 3 is 2.64 bits per heavy atom. The Balaban J connectivity index is 1.40. The van der Waals surface area contributed by atoms with Crippen molar-refractivity contribution in [2.45, 2.75) is 19.4 Å². The molecular weight excluding hydrogens is 292 g/mol. The van der Waals surface area contributed by atoms with Crippen LogP contribution in [0.2, 0.25) is 0 Å². The minimum atomic E-state index is 0.0429. The van der Waals surface area contributed by atoms with Crippen molar-refractivity contribution in [3.05, 3.63) is 58.3 Å². The smallest absolute Gasteiger partial charge is 0.251 e. The van der Waals surface area contributed by atoms with Gasteiger partial charge >= 0.3 is 0 Å².